The van der Waals surface area contributed by atoms with Gasteiger partial charge in [-0.25, -0.2) is 4.98 Å². The van der Waals surface area contributed by atoms with Crippen LogP contribution in [0.4, 0.5) is 11.8 Å². The Morgan fingerprint density at radius 1 is 1.22 bits per heavy atom. The van der Waals surface area contributed by atoms with Gasteiger partial charge in [-0.05, 0) is 27.9 Å². The minimum atomic E-state index is 0.404. The standard InChI is InChI=1S/C13H13BrN4/c14-11-7-12(15)18-13(17-11)16-10-6-9(10)8-4-2-1-3-5-8/h1-5,7,9-10H,6H2,(H3,15,16,17,18). The van der Waals surface area contributed by atoms with Crippen molar-refractivity contribution in [2.75, 3.05) is 11.1 Å². The van der Waals surface area contributed by atoms with Gasteiger partial charge in [0.25, 0.3) is 0 Å². The van der Waals surface area contributed by atoms with Crippen LogP contribution in [0.25, 0.3) is 0 Å². The number of benzene rings is 1. The van der Waals surface area contributed by atoms with Crippen molar-refractivity contribution in [3.05, 3.63) is 46.6 Å². The molecule has 2 unspecified atom stereocenters. The maximum Gasteiger partial charge on any atom is 0.225 e. The number of nitrogens with two attached hydrogens (primary N) is 1. The maximum atomic E-state index is 5.68. The van der Waals surface area contributed by atoms with Crippen molar-refractivity contribution in [3.63, 3.8) is 0 Å². The first-order valence-electron chi connectivity index (χ1n) is 5.84. The summed E-state index contributed by atoms with van der Waals surface area (Å²) in [6.07, 6.45) is 1.11. The van der Waals surface area contributed by atoms with Crippen LogP contribution < -0.4 is 11.1 Å². The Kier molecular flexibility index (Phi) is 2.91. The van der Waals surface area contributed by atoms with Gasteiger partial charge in [0.2, 0.25) is 5.95 Å². The molecule has 0 amide bonds. The van der Waals surface area contributed by atoms with E-state index in [1.165, 1.54) is 5.56 Å². The summed E-state index contributed by atoms with van der Waals surface area (Å²) in [5.41, 5.74) is 7.04. The molecule has 5 heteroatoms. The van der Waals surface area contributed by atoms with Crippen LogP contribution >= 0.6 is 15.9 Å². The molecular weight excluding hydrogens is 292 g/mol. The van der Waals surface area contributed by atoms with E-state index >= 15 is 0 Å². The van der Waals surface area contributed by atoms with Gasteiger partial charge in [-0.1, -0.05) is 30.3 Å². The minimum Gasteiger partial charge on any atom is -0.383 e. The molecule has 1 aliphatic carbocycles. The van der Waals surface area contributed by atoms with Crippen molar-refractivity contribution in [1.29, 1.82) is 0 Å². The average molecular weight is 305 g/mol. The molecule has 0 radical (unpaired) electrons. The third-order valence-corrected chi connectivity index (χ3v) is 3.45. The first-order valence-corrected chi connectivity index (χ1v) is 6.63. The second-order valence-corrected chi connectivity index (χ2v) is 5.26. The Morgan fingerprint density at radius 2 is 2.00 bits per heavy atom. The van der Waals surface area contributed by atoms with Gasteiger partial charge in [0, 0.05) is 18.0 Å². The molecular formula is C13H13BrN4. The molecule has 1 saturated carbocycles. The number of nitrogen functional groups attached to an aromatic ring is 1. The Morgan fingerprint density at radius 3 is 2.72 bits per heavy atom. The number of nitrogens with zero attached hydrogens (tertiary/aromatic N) is 2. The van der Waals surface area contributed by atoms with Crippen LogP contribution in [-0.2, 0) is 0 Å². The molecule has 18 heavy (non-hydrogen) atoms. The smallest absolute Gasteiger partial charge is 0.225 e. The van der Waals surface area contributed by atoms with Crippen LogP contribution in [0.3, 0.4) is 0 Å². The first-order chi connectivity index (χ1) is 8.72. The molecule has 0 bridgehead atoms. The number of hydrogen-bond donors (Lipinski definition) is 2. The van der Waals surface area contributed by atoms with Crippen molar-refractivity contribution < 1.29 is 0 Å². The highest BCUT2D eigenvalue weighted by molar-refractivity contribution is 9.10. The lowest BCUT2D eigenvalue weighted by atomic mass is 10.1. The molecule has 0 aliphatic heterocycles. The molecule has 2 aromatic rings. The number of aromatic nitrogens is 2. The Labute approximate surface area is 114 Å². The van der Waals surface area contributed by atoms with Gasteiger partial charge < -0.3 is 11.1 Å². The summed E-state index contributed by atoms with van der Waals surface area (Å²) in [6, 6.07) is 12.6. The van der Waals surface area contributed by atoms with E-state index in [9.17, 15) is 0 Å². The van der Waals surface area contributed by atoms with Crippen molar-refractivity contribution >= 4 is 27.7 Å². The molecule has 1 aromatic carbocycles. The van der Waals surface area contributed by atoms with Gasteiger partial charge in [0.1, 0.15) is 10.4 Å². The van der Waals surface area contributed by atoms with E-state index in [0.717, 1.165) is 6.42 Å². The summed E-state index contributed by atoms with van der Waals surface area (Å²) in [4.78, 5) is 8.42. The Bertz CT molecular complexity index is 538. The van der Waals surface area contributed by atoms with Crippen LogP contribution in [0.15, 0.2) is 41.0 Å². The lowest BCUT2D eigenvalue weighted by molar-refractivity contribution is 0.999. The fraction of sp³-hybridized carbons (Fsp3) is 0.231. The summed E-state index contributed by atoms with van der Waals surface area (Å²) in [5.74, 6) is 1.61. The van der Waals surface area contributed by atoms with Crippen molar-refractivity contribution in [2.24, 2.45) is 0 Å². The lowest BCUT2D eigenvalue weighted by Gasteiger charge is -2.05. The highest BCUT2D eigenvalue weighted by Crippen LogP contribution is 2.42. The number of rotatable bonds is 3. The van der Waals surface area contributed by atoms with Crippen molar-refractivity contribution in [1.82, 2.24) is 9.97 Å². The Hall–Kier alpha value is -1.62. The average Bonchev–Trinajstić information content (AvgIpc) is 3.08. The number of nitrogens with one attached hydrogen (secondary N) is 1. The molecule has 3 rings (SSSR count). The van der Waals surface area contributed by atoms with Gasteiger partial charge in [-0.2, -0.15) is 4.98 Å². The number of anilines is 2. The largest absolute Gasteiger partial charge is 0.383 e. The molecule has 0 spiro atoms. The van der Waals surface area contributed by atoms with Crippen LogP contribution in [0.5, 0.6) is 0 Å². The van der Waals surface area contributed by atoms with E-state index in [0.29, 0.717) is 28.3 Å². The molecule has 92 valence electrons. The van der Waals surface area contributed by atoms with E-state index in [-0.39, 0.29) is 0 Å². The number of hydrogen-bond acceptors (Lipinski definition) is 4. The fourth-order valence-electron chi connectivity index (χ4n) is 2.09. The van der Waals surface area contributed by atoms with E-state index in [2.05, 4.69) is 55.5 Å². The third-order valence-electron chi connectivity index (χ3n) is 3.05. The zero-order valence-corrected chi connectivity index (χ0v) is 11.3. The molecule has 1 heterocycles. The highest BCUT2D eigenvalue weighted by atomic mass is 79.9. The van der Waals surface area contributed by atoms with E-state index in [4.69, 9.17) is 5.73 Å². The topological polar surface area (TPSA) is 63.8 Å². The normalized spacial score (nSPS) is 21.6. The monoisotopic (exact) mass is 304 g/mol. The molecule has 2 atom stereocenters. The molecule has 0 saturated heterocycles. The summed E-state index contributed by atoms with van der Waals surface area (Å²) < 4.78 is 0.703. The summed E-state index contributed by atoms with van der Waals surface area (Å²) in [5, 5.41) is 3.31. The van der Waals surface area contributed by atoms with Gasteiger partial charge in [0.15, 0.2) is 0 Å². The Balaban J connectivity index is 1.69. The molecule has 1 aliphatic rings. The van der Waals surface area contributed by atoms with E-state index in [1.54, 1.807) is 6.07 Å². The zero-order valence-electron chi connectivity index (χ0n) is 9.68. The third kappa shape index (κ3) is 2.46. The predicted molar refractivity (Wildman–Crippen MR) is 75.4 cm³/mol. The van der Waals surface area contributed by atoms with Crippen molar-refractivity contribution in [3.8, 4) is 0 Å². The molecule has 1 fully saturated rings. The first kappa shape index (κ1) is 11.5. The lowest BCUT2D eigenvalue weighted by Crippen LogP contribution is -2.09. The van der Waals surface area contributed by atoms with Crippen molar-refractivity contribution in [2.45, 2.75) is 18.4 Å². The SMILES string of the molecule is Nc1cc(Br)nc(NC2CC2c2ccccc2)n1. The minimum absolute atomic E-state index is 0.404. The highest BCUT2D eigenvalue weighted by Gasteiger charge is 2.38. The van der Waals surface area contributed by atoms with Gasteiger partial charge in [-0.15, -0.1) is 0 Å². The predicted octanol–water partition coefficient (Wildman–Crippen LogP) is 2.79. The van der Waals surface area contributed by atoms with Crippen LogP contribution in [-0.4, -0.2) is 16.0 Å². The molecule has 1 aromatic heterocycles. The molecule has 3 N–H and O–H groups in total. The van der Waals surface area contributed by atoms with Crippen LogP contribution in [0, 0.1) is 0 Å². The zero-order chi connectivity index (χ0) is 12.5. The van der Waals surface area contributed by atoms with Gasteiger partial charge in [-0.3, -0.25) is 0 Å². The summed E-state index contributed by atoms with van der Waals surface area (Å²) in [7, 11) is 0. The van der Waals surface area contributed by atoms with E-state index < -0.39 is 0 Å². The van der Waals surface area contributed by atoms with Gasteiger partial charge in [0.05, 0.1) is 0 Å². The van der Waals surface area contributed by atoms with Gasteiger partial charge >= 0.3 is 0 Å². The van der Waals surface area contributed by atoms with Crippen LogP contribution in [0.1, 0.15) is 17.9 Å². The summed E-state index contributed by atoms with van der Waals surface area (Å²) >= 11 is 3.31. The summed E-state index contributed by atoms with van der Waals surface area (Å²) in [6.45, 7) is 0. The fourth-order valence-corrected chi connectivity index (χ4v) is 2.49. The van der Waals surface area contributed by atoms with Crippen LogP contribution in [0.2, 0.25) is 0 Å². The molecule has 4 nitrogen and oxygen atoms in total. The van der Waals surface area contributed by atoms with E-state index in [1.807, 2.05) is 6.07 Å². The second kappa shape index (κ2) is 4.57. The quantitative estimate of drug-likeness (QED) is 0.856. The number of halogens is 1. The second-order valence-electron chi connectivity index (χ2n) is 4.44. The maximum absolute atomic E-state index is 5.68.